The van der Waals surface area contributed by atoms with Crippen LogP contribution in [0.5, 0.6) is 0 Å². The quantitative estimate of drug-likeness (QED) is 0.723. The molecule has 2 aliphatic heterocycles. The van der Waals surface area contributed by atoms with Gasteiger partial charge in [-0.05, 0) is 51.6 Å². The first-order valence-corrected chi connectivity index (χ1v) is 9.16. The van der Waals surface area contributed by atoms with Gasteiger partial charge in [0, 0.05) is 31.7 Å². The molecule has 1 saturated carbocycles. The molecule has 3 aliphatic rings. The Balaban J connectivity index is 1.39. The van der Waals surface area contributed by atoms with Gasteiger partial charge in [-0.3, -0.25) is 14.6 Å². The number of nitrogens with zero attached hydrogens (tertiary/aromatic N) is 2. The van der Waals surface area contributed by atoms with E-state index in [2.05, 4.69) is 22.0 Å². The molecule has 0 bridgehead atoms. The second kappa shape index (κ2) is 7.92. The van der Waals surface area contributed by atoms with Crippen molar-refractivity contribution in [2.75, 3.05) is 45.9 Å². The second-order valence-electron chi connectivity index (χ2n) is 7.36. The second-order valence-corrected chi connectivity index (χ2v) is 7.36. The van der Waals surface area contributed by atoms with Crippen LogP contribution in [0.3, 0.4) is 0 Å². The van der Waals surface area contributed by atoms with E-state index >= 15 is 0 Å². The minimum atomic E-state index is -0.827. The van der Waals surface area contributed by atoms with Crippen LogP contribution in [0.1, 0.15) is 32.6 Å². The van der Waals surface area contributed by atoms with Gasteiger partial charge in [0.05, 0.1) is 13.2 Å². The van der Waals surface area contributed by atoms with Gasteiger partial charge in [0.25, 0.3) is 0 Å². The number of amides is 1. The van der Waals surface area contributed by atoms with Crippen LogP contribution < -0.4 is 5.32 Å². The van der Waals surface area contributed by atoms with Gasteiger partial charge in [-0.1, -0.05) is 0 Å². The van der Waals surface area contributed by atoms with Crippen LogP contribution in [0.2, 0.25) is 0 Å². The highest BCUT2D eigenvalue weighted by molar-refractivity contribution is 5.81. The van der Waals surface area contributed by atoms with Crippen molar-refractivity contribution in [3.8, 4) is 0 Å². The van der Waals surface area contributed by atoms with E-state index in [4.69, 9.17) is 4.74 Å². The summed E-state index contributed by atoms with van der Waals surface area (Å²) in [6.07, 6.45) is 3.12. The molecule has 132 valence electrons. The van der Waals surface area contributed by atoms with Gasteiger partial charge >= 0.3 is 0 Å². The fourth-order valence-electron chi connectivity index (χ4n) is 3.68. The average molecular weight is 325 g/mol. The lowest BCUT2D eigenvalue weighted by molar-refractivity contribution is -0.133. The standard InChI is InChI=1S/C17H31N3O3/c1-13(12-19-8-10-23-11-9-19)20-6-4-14(5-7-20)16(21)17(22)18-15-2-3-15/h13-16,21H,2-12H2,1H3,(H,18,22)/t13-,16+/m1/s1. The zero-order valence-electron chi connectivity index (χ0n) is 14.2. The van der Waals surface area contributed by atoms with Crippen molar-refractivity contribution < 1.29 is 14.6 Å². The Morgan fingerprint density at radius 1 is 1.17 bits per heavy atom. The van der Waals surface area contributed by atoms with E-state index in [-0.39, 0.29) is 11.8 Å². The maximum absolute atomic E-state index is 12.0. The first-order valence-electron chi connectivity index (χ1n) is 9.16. The number of hydrogen-bond donors (Lipinski definition) is 2. The number of carbonyl (C=O) groups excluding carboxylic acids is 1. The average Bonchev–Trinajstić information content (AvgIpc) is 3.39. The molecule has 2 N–H and O–H groups in total. The number of hydrogen-bond acceptors (Lipinski definition) is 5. The number of piperidine rings is 1. The van der Waals surface area contributed by atoms with Crippen molar-refractivity contribution in [3.05, 3.63) is 0 Å². The van der Waals surface area contributed by atoms with E-state index in [0.717, 1.165) is 71.6 Å². The smallest absolute Gasteiger partial charge is 0.249 e. The zero-order chi connectivity index (χ0) is 16.2. The summed E-state index contributed by atoms with van der Waals surface area (Å²) in [5, 5.41) is 13.2. The highest BCUT2D eigenvalue weighted by Crippen LogP contribution is 2.24. The third kappa shape index (κ3) is 4.89. The molecule has 3 fully saturated rings. The van der Waals surface area contributed by atoms with Gasteiger partial charge in [-0.15, -0.1) is 0 Å². The molecule has 2 saturated heterocycles. The number of rotatable bonds is 6. The third-order valence-corrected chi connectivity index (χ3v) is 5.46. The minimum absolute atomic E-state index is 0.112. The topological polar surface area (TPSA) is 65.0 Å². The van der Waals surface area contributed by atoms with Crippen molar-refractivity contribution in [1.29, 1.82) is 0 Å². The van der Waals surface area contributed by atoms with Gasteiger partial charge < -0.3 is 15.2 Å². The van der Waals surface area contributed by atoms with E-state index < -0.39 is 6.10 Å². The van der Waals surface area contributed by atoms with E-state index in [1.807, 2.05) is 0 Å². The summed E-state index contributed by atoms with van der Waals surface area (Å²) < 4.78 is 5.40. The van der Waals surface area contributed by atoms with Crippen LogP contribution in [-0.4, -0.2) is 84.9 Å². The van der Waals surface area contributed by atoms with Crippen molar-refractivity contribution >= 4 is 5.91 Å². The predicted molar refractivity (Wildman–Crippen MR) is 88.2 cm³/mol. The molecule has 2 heterocycles. The first kappa shape index (κ1) is 17.1. The summed E-state index contributed by atoms with van der Waals surface area (Å²) in [4.78, 5) is 16.9. The molecule has 1 aliphatic carbocycles. The molecule has 6 nitrogen and oxygen atoms in total. The van der Waals surface area contributed by atoms with E-state index in [1.54, 1.807) is 0 Å². The number of morpholine rings is 1. The van der Waals surface area contributed by atoms with E-state index in [9.17, 15) is 9.90 Å². The molecule has 1 amide bonds. The molecular weight excluding hydrogens is 294 g/mol. The number of nitrogens with one attached hydrogen (secondary N) is 1. The lowest BCUT2D eigenvalue weighted by Crippen LogP contribution is -2.50. The Kier molecular flexibility index (Phi) is 5.91. The van der Waals surface area contributed by atoms with Crippen molar-refractivity contribution in [2.24, 2.45) is 5.92 Å². The molecule has 6 heteroatoms. The van der Waals surface area contributed by atoms with E-state index in [0.29, 0.717) is 12.1 Å². The summed E-state index contributed by atoms with van der Waals surface area (Å²) in [6, 6.07) is 0.845. The molecule has 0 spiro atoms. The van der Waals surface area contributed by atoms with Crippen LogP contribution in [0.4, 0.5) is 0 Å². The van der Waals surface area contributed by atoms with Gasteiger partial charge in [0.15, 0.2) is 0 Å². The van der Waals surface area contributed by atoms with Gasteiger partial charge in [0.1, 0.15) is 6.10 Å². The molecule has 0 aromatic carbocycles. The normalized spacial score (nSPS) is 27.6. The maximum Gasteiger partial charge on any atom is 0.249 e. The lowest BCUT2D eigenvalue weighted by Gasteiger charge is -2.39. The SMILES string of the molecule is C[C@H](CN1CCOCC1)N1CCC([C@H](O)C(=O)NC2CC2)CC1. The lowest BCUT2D eigenvalue weighted by atomic mass is 9.90. The number of likely N-dealkylation sites (tertiary alicyclic amines) is 1. The Labute approximate surface area is 139 Å². The largest absolute Gasteiger partial charge is 0.383 e. The Morgan fingerprint density at radius 3 is 2.43 bits per heavy atom. The Morgan fingerprint density at radius 2 is 1.83 bits per heavy atom. The zero-order valence-corrected chi connectivity index (χ0v) is 14.2. The summed E-state index contributed by atoms with van der Waals surface area (Å²) in [5.74, 6) is -0.0482. The molecule has 0 unspecified atom stereocenters. The van der Waals surface area contributed by atoms with Crippen LogP contribution in [0, 0.1) is 5.92 Å². The van der Waals surface area contributed by atoms with Gasteiger partial charge in [-0.2, -0.15) is 0 Å². The number of aliphatic hydroxyl groups excluding tert-OH is 1. The van der Waals surface area contributed by atoms with Gasteiger partial charge in [0.2, 0.25) is 5.91 Å². The van der Waals surface area contributed by atoms with Crippen molar-refractivity contribution in [1.82, 2.24) is 15.1 Å². The molecule has 0 aromatic heterocycles. The molecule has 3 rings (SSSR count). The fourth-order valence-corrected chi connectivity index (χ4v) is 3.68. The Hall–Kier alpha value is -0.690. The minimum Gasteiger partial charge on any atom is -0.383 e. The summed E-state index contributed by atoms with van der Waals surface area (Å²) in [6.45, 7) is 9.06. The van der Waals surface area contributed by atoms with Gasteiger partial charge in [-0.25, -0.2) is 0 Å². The maximum atomic E-state index is 12.0. The summed E-state index contributed by atoms with van der Waals surface area (Å²) >= 11 is 0. The van der Waals surface area contributed by atoms with Crippen molar-refractivity contribution in [3.63, 3.8) is 0 Å². The number of aliphatic hydroxyl groups is 1. The third-order valence-electron chi connectivity index (χ3n) is 5.46. The summed E-state index contributed by atoms with van der Waals surface area (Å²) in [7, 11) is 0. The highest BCUT2D eigenvalue weighted by Gasteiger charge is 2.34. The van der Waals surface area contributed by atoms with Crippen molar-refractivity contribution in [2.45, 2.75) is 50.8 Å². The predicted octanol–water partition coefficient (Wildman–Crippen LogP) is 0.0586. The number of ether oxygens (including phenoxy) is 1. The molecule has 23 heavy (non-hydrogen) atoms. The molecular formula is C17H31N3O3. The first-order chi connectivity index (χ1) is 11.1. The van der Waals surface area contributed by atoms with Crippen LogP contribution in [0.15, 0.2) is 0 Å². The highest BCUT2D eigenvalue weighted by atomic mass is 16.5. The Bertz CT molecular complexity index is 389. The van der Waals surface area contributed by atoms with Crippen LogP contribution >= 0.6 is 0 Å². The molecule has 0 radical (unpaired) electrons. The molecule has 2 atom stereocenters. The fraction of sp³-hybridized carbons (Fsp3) is 0.941. The van der Waals surface area contributed by atoms with E-state index in [1.165, 1.54) is 0 Å². The number of carbonyl (C=O) groups is 1. The van der Waals surface area contributed by atoms with Crippen LogP contribution in [-0.2, 0) is 9.53 Å². The molecule has 0 aromatic rings. The summed E-state index contributed by atoms with van der Waals surface area (Å²) in [5.41, 5.74) is 0. The van der Waals surface area contributed by atoms with Crippen LogP contribution in [0.25, 0.3) is 0 Å². The monoisotopic (exact) mass is 325 g/mol.